The Kier molecular flexibility index (Phi) is 5.28. The zero-order valence-corrected chi connectivity index (χ0v) is 12.7. The largest absolute Gasteiger partial charge is 0.493 e. The maximum atomic E-state index is 13.7. The molecular formula is C17H21FN2O. The summed E-state index contributed by atoms with van der Waals surface area (Å²) in [7, 11) is 1.85. The van der Waals surface area contributed by atoms with Gasteiger partial charge in [-0.3, -0.25) is 4.98 Å². The fourth-order valence-electron chi connectivity index (χ4n) is 2.10. The van der Waals surface area contributed by atoms with Gasteiger partial charge in [-0.05, 0) is 50.7 Å². The third-order valence-electron chi connectivity index (χ3n) is 3.53. The molecular weight excluding hydrogens is 267 g/mol. The number of pyridine rings is 1. The van der Waals surface area contributed by atoms with Gasteiger partial charge in [-0.15, -0.1) is 0 Å². The van der Waals surface area contributed by atoms with E-state index in [4.69, 9.17) is 4.74 Å². The molecule has 4 heteroatoms. The molecule has 1 N–H and O–H groups in total. The third-order valence-corrected chi connectivity index (χ3v) is 3.53. The summed E-state index contributed by atoms with van der Waals surface area (Å²) >= 11 is 0. The fourth-order valence-corrected chi connectivity index (χ4v) is 2.10. The van der Waals surface area contributed by atoms with Crippen LogP contribution in [0.2, 0.25) is 0 Å². The Hall–Kier alpha value is -1.94. The number of rotatable bonds is 6. The summed E-state index contributed by atoms with van der Waals surface area (Å²) in [5, 5.41) is 3.12. The first kappa shape index (κ1) is 15.4. The molecule has 0 saturated heterocycles. The smallest absolute Gasteiger partial charge is 0.126 e. The molecule has 1 aromatic carbocycles. The minimum Gasteiger partial charge on any atom is -0.493 e. The van der Waals surface area contributed by atoms with Crippen molar-refractivity contribution in [3.8, 4) is 5.75 Å². The van der Waals surface area contributed by atoms with Crippen LogP contribution < -0.4 is 10.1 Å². The molecule has 0 aliphatic carbocycles. The van der Waals surface area contributed by atoms with Gasteiger partial charge in [0, 0.05) is 29.9 Å². The first-order valence-electron chi connectivity index (χ1n) is 7.12. The zero-order chi connectivity index (χ0) is 15.2. The summed E-state index contributed by atoms with van der Waals surface area (Å²) in [6.07, 6.45) is 2.50. The molecule has 2 aromatic rings. The van der Waals surface area contributed by atoms with Crippen molar-refractivity contribution in [1.82, 2.24) is 10.3 Å². The third kappa shape index (κ3) is 4.02. The molecule has 3 nitrogen and oxygen atoms in total. The maximum absolute atomic E-state index is 13.7. The molecule has 0 amide bonds. The summed E-state index contributed by atoms with van der Waals surface area (Å²) in [5.74, 6) is 0.524. The number of benzene rings is 1. The van der Waals surface area contributed by atoms with Crippen molar-refractivity contribution in [3.63, 3.8) is 0 Å². The van der Waals surface area contributed by atoms with Crippen LogP contribution in [0.25, 0.3) is 0 Å². The molecule has 2 rings (SSSR count). The predicted octanol–water partition coefficient (Wildman–Crippen LogP) is 3.43. The standard InChI is InChI=1S/C17H21FN2O/c1-12-10-17(15(11-16(12)18)13(2)19-3)21-9-7-14-6-4-5-8-20-14/h4-6,8,10-11,13,19H,7,9H2,1-3H3. The van der Waals surface area contributed by atoms with Crippen molar-refractivity contribution < 1.29 is 9.13 Å². The number of nitrogens with one attached hydrogen (secondary N) is 1. The summed E-state index contributed by atoms with van der Waals surface area (Å²) in [6.45, 7) is 4.25. The number of hydrogen-bond acceptors (Lipinski definition) is 3. The molecule has 0 aliphatic rings. The Morgan fingerprint density at radius 1 is 1.33 bits per heavy atom. The summed E-state index contributed by atoms with van der Waals surface area (Å²) in [5.41, 5.74) is 2.41. The van der Waals surface area contributed by atoms with Crippen LogP contribution in [-0.4, -0.2) is 18.6 Å². The Bertz CT molecular complexity index is 587. The van der Waals surface area contributed by atoms with Gasteiger partial charge >= 0.3 is 0 Å². The van der Waals surface area contributed by atoms with Crippen LogP contribution in [0.15, 0.2) is 36.5 Å². The van der Waals surface area contributed by atoms with Gasteiger partial charge in [0.05, 0.1) is 6.61 Å². The van der Waals surface area contributed by atoms with E-state index in [2.05, 4.69) is 10.3 Å². The molecule has 0 fully saturated rings. The molecule has 1 heterocycles. The van der Waals surface area contributed by atoms with E-state index in [0.717, 1.165) is 23.4 Å². The normalized spacial score (nSPS) is 12.2. The van der Waals surface area contributed by atoms with Crippen molar-refractivity contribution in [1.29, 1.82) is 0 Å². The van der Waals surface area contributed by atoms with E-state index in [9.17, 15) is 4.39 Å². The molecule has 1 atom stereocenters. The Morgan fingerprint density at radius 2 is 2.14 bits per heavy atom. The van der Waals surface area contributed by atoms with Gasteiger partial charge in [-0.1, -0.05) is 6.07 Å². The van der Waals surface area contributed by atoms with Crippen molar-refractivity contribution in [3.05, 3.63) is 59.2 Å². The number of aryl methyl sites for hydroxylation is 1. The highest BCUT2D eigenvalue weighted by molar-refractivity contribution is 5.40. The molecule has 0 saturated carbocycles. The number of nitrogens with zero attached hydrogens (tertiary/aromatic N) is 1. The highest BCUT2D eigenvalue weighted by atomic mass is 19.1. The van der Waals surface area contributed by atoms with Crippen molar-refractivity contribution in [2.75, 3.05) is 13.7 Å². The van der Waals surface area contributed by atoms with Crippen LogP contribution >= 0.6 is 0 Å². The second-order valence-electron chi connectivity index (χ2n) is 5.07. The van der Waals surface area contributed by atoms with Crippen LogP contribution in [-0.2, 0) is 6.42 Å². The molecule has 0 spiro atoms. The van der Waals surface area contributed by atoms with Gasteiger partial charge < -0.3 is 10.1 Å². The van der Waals surface area contributed by atoms with Gasteiger partial charge in [-0.2, -0.15) is 0 Å². The van der Waals surface area contributed by atoms with E-state index in [1.54, 1.807) is 25.3 Å². The van der Waals surface area contributed by atoms with Crippen LogP contribution in [0.5, 0.6) is 5.75 Å². The Morgan fingerprint density at radius 3 is 2.81 bits per heavy atom. The van der Waals surface area contributed by atoms with E-state index in [1.165, 1.54) is 0 Å². The van der Waals surface area contributed by atoms with Gasteiger partial charge in [0.2, 0.25) is 0 Å². The quantitative estimate of drug-likeness (QED) is 0.884. The molecule has 0 radical (unpaired) electrons. The van der Waals surface area contributed by atoms with Crippen LogP contribution in [0, 0.1) is 12.7 Å². The lowest BCUT2D eigenvalue weighted by molar-refractivity contribution is 0.313. The minimum absolute atomic E-state index is 0.0324. The van der Waals surface area contributed by atoms with Crippen LogP contribution in [0.1, 0.15) is 29.8 Å². The van der Waals surface area contributed by atoms with E-state index < -0.39 is 0 Å². The second kappa shape index (κ2) is 7.18. The number of hydrogen-bond donors (Lipinski definition) is 1. The first-order valence-corrected chi connectivity index (χ1v) is 7.12. The lowest BCUT2D eigenvalue weighted by Crippen LogP contribution is -2.15. The minimum atomic E-state index is -0.204. The van der Waals surface area contributed by atoms with Gasteiger partial charge in [0.25, 0.3) is 0 Å². The fraction of sp³-hybridized carbons (Fsp3) is 0.353. The predicted molar refractivity (Wildman–Crippen MR) is 82.0 cm³/mol. The van der Waals surface area contributed by atoms with Crippen molar-refractivity contribution >= 4 is 0 Å². The maximum Gasteiger partial charge on any atom is 0.126 e. The average molecular weight is 288 g/mol. The molecule has 0 aliphatic heterocycles. The van der Waals surface area contributed by atoms with E-state index in [0.29, 0.717) is 12.2 Å². The summed E-state index contributed by atoms with van der Waals surface area (Å²) in [6, 6.07) is 9.16. The van der Waals surface area contributed by atoms with E-state index in [1.807, 2.05) is 32.2 Å². The monoisotopic (exact) mass is 288 g/mol. The summed E-state index contributed by atoms with van der Waals surface area (Å²) in [4.78, 5) is 4.26. The molecule has 21 heavy (non-hydrogen) atoms. The number of halogens is 1. The van der Waals surface area contributed by atoms with E-state index in [-0.39, 0.29) is 11.9 Å². The molecule has 0 bridgehead atoms. The average Bonchev–Trinajstić information content (AvgIpc) is 2.51. The lowest BCUT2D eigenvalue weighted by atomic mass is 10.0. The zero-order valence-electron chi connectivity index (χ0n) is 12.7. The first-order chi connectivity index (χ1) is 10.1. The molecule has 112 valence electrons. The van der Waals surface area contributed by atoms with E-state index >= 15 is 0 Å². The second-order valence-corrected chi connectivity index (χ2v) is 5.07. The molecule has 1 aromatic heterocycles. The number of aromatic nitrogens is 1. The van der Waals surface area contributed by atoms with Crippen molar-refractivity contribution in [2.45, 2.75) is 26.3 Å². The Labute approximate surface area is 125 Å². The lowest BCUT2D eigenvalue weighted by Gasteiger charge is -2.17. The van der Waals surface area contributed by atoms with Gasteiger partial charge in [-0.25, -0.2) is 4.39 Å². The van der Waals surface area contributed by atoms with Gasteiger partial charge in [0.1, 0.15) is 11.6 Å². The van der Waals surface area contributed by atoms with Crippen molar-refractivity contribution in [2.24, 2.45) is 0 Å². The Balaban J connectivity index is 2.09. The van der Waals surface area contributed by atoms with Gasteiger partial charge in [0.15, 0.2) is 0 Å². The highest BCUT2D eigenvalue weighted by Crippen LogP contribution is 2.28. The summed E-state index contributed by atoms with van der Waals surface area (Å²) < 4.78 is 19.6. The SMILES string of the molecule is CNC(C)c1cc(F)c(C)cc1OCCc1ccccn1. The molecule has 1 unspecified atom stereocenters. The highest BCUT2D eigenvalue weighted by Gasteiger charge is 2.13. The van der Waals surface area contributed by atoms with Crippen LogP contribution in [0.3, 0.4) is 0 Å². The van der Waals surface area contributed by atoms with Crippen LogP contribution in [0.4, 0.5) is 4.39 Å². The number of ether oxygens (including phenoxy) is 1. The topological polar surface area (TPSA) is 34.1 Å².